The fraction of sp³-hybridized carbons (Fsp3) is 0.312. The fourth-order valence-electron chi connectivity index (χ4n) is 1.78. The van der Waals surface area contributed by atoms with Crippen molar-refractivity contribution in [3.8, 4) is 11.6 Å². The van der Waals surface area contributed by atoms with Crippen LogP contribution in [0.25, 0.3) is 0 Å². The highest BCUT2D eigenvalue weighted by molar-refractivity contribution is 5.91. The molecule has 1 amide bonds. The lowest BCUT2D eigenvalue weighted by molar-refractivity contribution is -0.117. The van der Waals surface area contributed by atoms with Gasteiger partial charge in [-0.05, 0) is 17.5 Å². The molecule has 110 valence electrons. The quantitative estimate of drug-likeness (QED) is 0.931. The average molecular weight is 285 g/mol. The normalized spacial score (nSPS) is 11.0. The SMILES string of the molecule is CC(C)(C)CC(=O)Nc1cccc(Oc2cnccn2)c1. The summed E-state index contributed by atoms with van der Waals surface area (Å²) in [6.07, 6.45) is 5.13. The molecule has 1 N–H and O–H groups in total. The number of carbonyl (C=O) groups excluding carboxylic acids is 1. The lowest BCUT2D eigenvalue weighted by atomic mass is 9.92. The van der Waals surface area contributed by atoms with Gasteiger partial charge in [0.1, 0.15) is 5.75 Å². The van der Waals surface area contributed by atoms with Crippen LogP contribution in [0.5, 0.6) is 11.6 Å². The predicted molar refractivity (Wildman–Crippen MR) is 81.2 cm³/mol. The second kappa shape index (κ2) is 6.35. The fourth-order valence-corrected chi connectivity index (χ4v) is 1.78. The molecule has 1 heterocycles. The molecule has 1 aromatic heterocycles. The lowest BCUT2D eigenvalue weighted by Gasteiger charge is -2.17. The summed E-state index contributed by atoms with van der Waals surface area (Å²) < 4.78 is 5.58. The Labute approximate surface area is 124 Å². The number of aromatic nitrogens is 2. The first-order valence-electron chi connectivity index (χ1n) is 6.76. The molecule has 0 atom stereocenters. The third-order valence-electron chi connectivity index (χ3n) is 2.57. The molecule has 5 nitrogen and oxygen atoms in total. The van der Waals surface area contributed by atoms with Gasteiger partial charge in [-0.15, -0.1) is 0 Å². The number of nitrogens with one attached hydrogen (secondary N) is 1. The van der Waals surface area contributed by atoms with Crippen molar-refractivity contribution in [1.82, 2.24) is 9.97 Å². The molecule has 0 fully saturated rings. The Balaban J connectivity index is 2.03. The van der Waals surface area contributed by atoms with Gasteiger partial charge in [-0.25, -0.2) is 4.98 Å². The molecule has 0 saturated heterocycles. The first kappa shape index (κ1) is 15.0. The van der Waals surface area contributed by atoms with Gasteiger partial charge in [0.15, 0.2) is 0 Å². The summed E-state index contributed by atoms with van der Waals surface area (Å²) in [5.41, 5.74) is 0.656. The zero-order chi connectivity index (χ0) is 15.3. The van der Waals surface area contributed by atoms with Gasteiger partial charge in [0.2, 0.25) is 11.8 Å². The van der Waals surface area contributed by atoms with Gasteiger partial charge >= 0.3 is 0 Å². The van der Waals surface area contributed by atoms with Crippen molar-refractivity contribution in [2.75, 3.05) is 5.32 Å². The van der Waals surface area contributed by atoms with E-state index in [2.05, 4.69) is 15.3 Å². The van der Waals surface area contributed by atoms with Crippen LogP contribution in [0, 0.1) is 5.41 Å². The number of ether oxygens (including phenoxy) is 1. The lowest BCUT2D eigenvalue weighted by Crippen LogP contribution is -2.19. The van der Waals surface area contributed by atoms with Gasteiger partial charge < -0.3 is 10.1 Å². The largest absolute Gasteiger partial charge is 0.437 e. The Morgan fingerprint density at radius 2 is 2.10 bits per heavy atom. The number of anilines is 1. The zero-order valence-electron chi connectivity index (χ0n) is 12.5. The number of carbonyl (C=O) groups is 1. The van der Waals surface area contributed by atoms with Crippen LogP contribution in [-0.4, -0.2) is 15.9 Å². The van der Waals surface area contributed by atoms with E-state index in [1.807, 2.05) is 32.9 Å². The monoisotopic (exact) mass is 285 g/mol. The van der Waals surface area contributed by atoms with E-state index < -0.39 is 0 Å². The standard InChI is InChI=1S/C16H19N3O2/c1-16(2,3)10-14(20)19-12-5-4-6-13(9-12)21-15-11-17-7-8-18-15/h4-9,11H,10H2,1-3H3,(H,19,20). The molecule has 2 aromatic rings. The van der Waals surface area contributed by atoms with Crippen molar-refractivity contribution in [2.24, 2.45) is 5.41 Å². The molecule has 5 heteroatoms. The third-order valence-corrected chi connectivity index (χ3v) is 2.57. The zero-order valence-corrected chi connectivity index (χ0v) is 12.5. The number of benzene rings is 1. The van der Waals surface area contributed by atoms with E-state index in [9.17, 15) is 4.79 Å². The molecule has 0 spiro atoms. The van der Waals surface area contributed by atoms with Crippen molar-refractivity contribution in [1.29, 1.82) is 0 Å². The average Bonchev–Trinajstić information content (AvgIpc) is 2.38. The minimum absolute atomic E-state index is 0.0147. The Hall–Kier alpha value is -2.43. The second-order valence-electron chi connectivity index (χ2n) is 5.96. The Kier molecular flexibility index (Phi) is 4.52. The number of amides is 1. The van der Waals surface area contributed by atoms with Gasteiger partial charge in [-0.3, -0.25) is 9.78 Å². The minimum Gasteiger partial charge on any atom is -0.437 e. The van der Waals surface area contributed by atoms with Gasteiger partial charge in [-0.2, -0.15) is 0 Å². The van der Waals surface area contributed by atoms with Gasteiger partial charge in [0.05, 0.1) is 6.20 Å². The van der Waals surface area contributed by atoms with E-state index >= 15 is 0 Å². The minimum atomic E-state index is -0.0438. The van der Waals surface area contributed by atoms with Gasteiger partial charge in [0, 0.05) is 30.6 Å². The van der Waals surface area contributed by atoms with Crippen molar-refractivity contribution in [2.45, 2.75) is 27.2 Å². The van der Waals surface area contributed by atoms with Crippen LogP contribution in [-0.2, 0) is 4.79 Å². The summed E-state index contributed by atoms with van der Waals surface area (Å²) in [5, 5.41) is 2.87. The molecule has 0 bridgehead atoms. The highest BCUT2D eigenvalue weighted by Gasteiger charge is 2.16. The molecule has 21 heavy (non-hydrogen) atoms. The van der Waals surface area contributed by atoms with Gasteiger partial charge in [0.25, 0.3) is 0 Å². The second-order valence-corrected chi connectivity index (χ2v) is 5.96. The summed E-state index contributed by atoms with van der Waals surface area (Å²) in [6.45, 7) is 6.08. The van der Waals surface area contributed by atoms with Crippen LogP contribution in [0.4, 0.5) is 5.69 Å². The summed E-state index contributed by atoms with van der Waals surface area (Å²) >= 11 is 0. The van der Waals surface area contributed by atoms with E-state index in [0.717, 1.165) is 0 Å². The summed E-state index contributed by atoms with van der Waals surface area (Å²) in [4.78, 5) is 19.9. The number of hydrogen-bond donors (Lipinski definition) is 1. The van der Waals surface area contributed by atoms with Crippen LogP contribution in [0.3, 0.4) is 0 Å². The highest BCUT2D eigenvalue weighted by Crippen LogP contribution is 2.23. The van der Waals surface area contributed by atoms with E-state index in [1.165, 1.54) is 6.20 Å². The maximum atomic E-state index is 11.9. The molecule has 0 aliphatic rings. The number of nitrogens with zero attached hydrogens (tertiary/aromatic N) is 2. The molecule has 0 aliphatic carbocycles. The molecule has 2 rings (SSSR count). The Bertz CT molecular complexity index is 606. The molecule has 0 unspecified atom stereocenters. The molecular weight excluding hydrogens is 266 g/mol. The molecule has 0 radical (unpaired) electrons. The van der Waals surface area contributed by atoms with E-state index in [4.69, 9.17) is 4.74 Å². The molecular formula is C16H19N3O2. The maximum Gasteiger partial charge on any atom is 0.237 e. The maximum absolute atomic E-state index is 11.9. The van der Waals surface area contributed by atoms with Crippen LogP contribution < -0.4 is 10.1 Å². The summed E-state index contributed by atoms with van der Waals surface area (Å²) in [6, 6.07) is 7.20. The molecule has 0 aliphatic heterocycles. The smallest absolute Gasteiger partial charge is 0.237 e. The first-order valence-corrected chi connectivity index (χ1v) is 6.76. The number of rotatable bonds is 4. The predicted octanol–water partition coefficient (Wildman–Crippen LogP) is 3.64. The van der Waals surface area contributed by atoms with E-state index in [-0.39, 0.29) is 11.3 Å². The van der Waals surface area contributed by atoms with Gasteiger partial charge in [-0.1, -0.05) is 26.8 Å². The highest BCUT2D eigenvalue weighted by atomic mass is 16.5. The summed E-state index contributed by atoms with van der Waals surface area (Å²) in [7, 11) is 0. The van der Waals surface area contributed by atoms with E-state index in [1.54, 1.807) is 24.5 Å². The topological polar surface area (TPSA) is 64.1 Å². The number of hydrogen-bond acceptors (Lipinski definition) is 4. The molecule has 1 aromatic carbocycles. The Morgan fingerprint density at radius 1 is 1.29 bits per heavy atom. The van der Waals surface area contributed by atoms with Crippen molar-refractivity contribution < 1.29 is 9.53 Å². The van der Waals surface area contributed by atoms with Crippen LogP contribution >= 0.6 is 0 Å². The van der Waals surface area contributed by atoms with Crippen LogP contribution in [0.15, 0.2) is 42.9 Å². The van der Waals surface area contributed by atoms with E-state index in [0.29, 0.717) is 23.7 Å². The molecule has 0 saturated carbocycles. The van der Waals surface area contributed by atoms with Crippen molar-refractivity contribution in [3.05, 3.63) is 42.9 Å². The van der Waals surface area contributed by atoms with Crippen LogP contribution in [0.2, 0.25) is 0 Å². The Morgan fingerprint density at radius 3 is 2.76 bits per heavy atom. The van der Waals surface area contributed by atoms with Crippen molar-refractivity contribution in [3.63, 3.8) is 0 Å². The first-order chi connectivity index (χ1) is 9.92. The van der Waals surface area contributed by atoms with Crippen molar-refractivity contribution >= 4 is 11.6 Å². The third kappa shape index (κ3) is 5.22. The van der Waals surface area contributed by atoms with Crippen LogP contribution in [0.1, 0.15) is 27.2 Å². The summed E-state index contributed by atoms with van der Waals surface area (Å²) in [5.74, 6) is 0.999.